The Morgan fingerprint density at radius 3 is 2.62 bits per heavy atom. The van der Waals surface area contributed by atoms with Gasteiger partial charge in [0, 0.05) is 38.6 Å². The summed E-state index contributed by atoms with van der Waals surface area (Å²) in [6, 6.07) is 1.80. The quantitative estimate of drug-likeness (QED) is 0.797. The number of aromatic nitrogens is 5. The number of aromatic amines is 1. The first-order chi connectivity index (χ1) is 10.3. The molecule has 9 heteroatoms. The second-order valence-corrected chi connectivity index (χ2v) is 5.46. The van der Waals surface area contributed by atoms with E-state index < -0.39 is 0 Å². The number of H-pyrrole nitrogens is 1. The monoisotopic (exact) mass is 305 g/mol. The third kappa shape index (κ3) is 3.48. The standard InChI is InChI=1S/C12H15N7OS/c20-10(8-21-12-15-9-16-17-12)18-4-6-19(7-5-18)11-13-2-1-3-14-11/h1-3,9H,4-8H2,(H,15,16,17). The first kappa shape index (κ1) is 13.8. The molecule has 0 saturated carbocycles. The number of carbonyl (C=O) groups excluding carboxylic acids is 1. The summed E-state index contributed by atoms with van der Waals surface area (Å²) in [5, 5.41) is 7.15. The molecule has 1 amide bonds. The fourth-order valence-corrected chi connectivity index (χ4v) is 2.78. The largest absolute Gasteiger partial charge is 0.338 e. The van der Waals surface area contributed by atoms with Gasteiger partial charge in [-0.3, -0.25) is 9.89 Å². The molecule has 1 N–H and O–H groups in total. The third-order valence-electron chi connectivity index (χ3n) is 3.19. The number of carbonyl (C=O) groups is 1. The van der Waals surface area contributed by atoms with Crippen LogP contribution in [0.1, 0.15) is 0 Å². The van der Waals surface area contributed by atoms with Crippen molar-refractivity contribution in [2.45, 2.75) is 5.16 Å². The molecule has 1 aliphatic rings. The van der Waals surface area contributed by atoms with Gasteiger partial charge in [-0.2, -0.15) is 5.10 Å². The Labute approximate surface area is 126 Å². The van der Waals surface area contributed by atoms with Gasteiger partial charge in [-0.1, -0.05) is 11.8 Å². The van der Waals surface area contributed by atoms with E-state index in [2.05, 4.69) is 30.0 Å². The minimum Gasteiger partial charge on any atom is -0.338 e. The molecular formula is C12H15N7OS. The van der Waals surface area contributed by atoms with Crippen LogP contribution in [0.5, 0.6) is 0 Å². The summed E-state index contributed by atoms with van der Waals surface area (Å²) in [6.07, 6.45) is 4.90. The van der Waals surface area contributed by atoms with Crippen molar-refractivity contribution in [2.75, 3.05) is 36.8 Å². The molecule has 0 unspecified atom stereocenters. The van der Waals surface area contributed by atoms with Crippen LogP contribution in [-0.2, 0) is 4.79 Å². The van der Waals surface area contributed by atoms with E-state index in [0.29, 0.717) is 24.0 Å². The molecule has 3 heterocycles. The summed E-state index contributed by atoms with van der Waals surface area (Å²) in [5.41, 5.74) is 0. The molecule has 2 aromatic heterocycles. The second-order valence-electron chi connectivity index (χ2n) is 4.50. The highest BCUT2D eigenvalue weighted by Crippen LogP contribution is 2.14. The summed E-state index contributed by atoms with van der Waals surface area (Å²) < 4.78 is 0. The minimum atomic E-state index is 0.116. The maximum Gasteiger partial charge on any atom is 0.233 e. The van der Waals surface area contributed by atoms with Crippen molar-refractivity contribution in [3.63, 3.8) is 0 Å². The van der Waals surface area contributed by atoms with E-state index >= 15 is 0 Å². The Bertz CT molecular complexity index is 569. The van der Waals surface area contributed by atoms with Crippen LogP contribution in [0, 0.1) is 0 Å². The summed E-state index contributed by atoms with van der Waals surface area (Å²) >= 11 is 1.37. The van der Waals surface area contributed by atoms with Crippen LogP contribution < -0.4 is 4.90 Å². The Hall–Kier alpha value is -2.16. The van der Waals surface area contributed by atoms with E-state index in [1.807, 2.05) is 4.90 Å². The molecule has 0 aliphatic carbocycles. The molecule has 8 nitrogen and oxygen atoms in total. The van der Waals surface area contributed by atoms with Crippen molar-refractivity contribution in [3.8, 4) is 0 Å². The van der Waals surface area contributed by atoms with Crippen molar-refractivity contribution in [1.82, 2.24) is 30.0 Å². The summed E-state index contributed by atoms with van der Waals surface area (Å²) in [6.45, 7) is 2.88. The number of hydrogen-bond donors (Lipinski definition) is 1. The van der Waals surface area contributed by atoms with E-state index in [-0.39, 0.29) is 5.91 Å². The van der Waals surface area contributed by atoms with Crippen molar-refractivity contribution in [2.24, 2.45) is 0 Å². The summed E-state index contributed by atoms with van der Waals surface area (Å²) in [7, 11) is 0. The SMILES string of the molecule is O=C(CSc1ncn[nH]1)N1CCN(c2ncccn2)CC1. The molecule has 1 fully saturated rings. The van der Waals surface area contributed by atoms with Gasteiger partial charge in [0.25, 0.3) is 0 Å². The lowest BCUT2D eigenvalue weighted by Gasteiger charge is -2.34. The lowest BCUT2D eigenvalue weighted by atomic mass is 10.3. The molecule has 21 heavy (non-hydrogen) atoms. The first-order valence-electron chi connectivity index (χ1n) is 6.61. The molecule has 0 atom stereocenters. The van der Waals surface area contributed by atoms with Crippen LogP contribution in [0.3, 0.4) is 0 Å². The van der Waals surface area contributed by atoms with Gasteiger partial charge in [0.15, 0.2) is 5.16 Å². The van der Waals surface area contributed by atoms with Crippen LogP contribution >= 0.6 is 11.8 Å². The maximum atomic E-state index is 12.1. The Morgan fingerprint density at radius 1 is 1.19 bits per heavy atom. The number of nitrogens with one attached hydrogen (secondary N) is 1. The number of thioether (sulfide) groups is 1. The van der Waals surface area contributed by atoms with Crippen molar-refractivity contribution >= 4 is 23.6 Å². The number of nitrogens with zero attached hydrogens (tertiary/aromatic N) is 6. The van der Waals surface area contributed by atoms with Crippen LogP contribution in [0.4, 0.5) is 5.95 Å². The van der Waals surface area contributed by atoms with Gasteiger partial charge >= 0.3 is 0 Å². The fourth-order valence-electron chi connectivity index (χ4n) is 2.10. The number of rotatable bonds is 4. The van der Waals surface area contributed by atoms with Crippen LogP contribution in [0.15, 0.2) is 29.9 Å². The summed E-state index contributed by atoms with van der Waals surface area (Å²) in [5.74, 6) is 1.21. The van der Waals surface area contributed by atoms with Crippen molar-refractivity contribution in [3.05, 3.63) is 24.8 Å². The van der Waals surface area contributed by atoms with Crippen molar-refractivity contribution in [1.29, 1.82) is 0 Å². The average Bonchev–Trinajstić information content (AvgIpc) is 3.07. The highest BCUT2D eigenvalue weighted by molar-refractivity contribution is 7.99. The van der Waals surface area contributed by atoms with Gasteiger partial charge in [-0.05, 0) is 6.07 Å². The predicted octanol–water partition coefficient (Wildman–Crippen LogP) is 0.0356. The molecule has 1 saturated heterocycles. The lowest BCUT2D eigenvalue weighted by molar-refractivity contribution is -0.128. The third-order valence-corrected chi connectivity index (χ3v) is 4.05. The van der Waals surface area contributed by atoms with E-state index in [1.54, 1.807) is 18.5 Å². The molecular weight excluding hydrogens is 290 g/mol. The molecule has 2 aromatic rings. The Kier molecular flexibility index (Phi) is 4.29. The van der Waals surface area contributed by atoms with Crippen LogP contribution in [0.25, 0.3) is 0 Å². The molecule has 0 aromatic carbocycles. The normalized spacial score (nSPS) is 15.2. The molecule has 0 radical (unpaired) electrons. The Morgan fingerprint density at radius 2 is 1.95 bits per heavy atom. The van der Waals surface area contributed by atoms with E-state index in [4.69, 9.17) is 0 Å². The number of anilines is 1. The Balaban J connectivity index is 1.48. The van der Waals surface area contributed by atoms with Crippen molar-refractivity contribution < 1.29 is 4.79 Å². The minimum absolute atomic E-state index is 0.116. The van der Waals surface area contributed by atoms with E-state index in [1.165, 1.54) is 18.1 Å². The predicted molar refractivity (Wildman–Crippen MR) is 77.9 cm³/mol. The van der Waals surface area contributed by atoms with Gasteiger partial charge < -0.3 is 9.80 Å². The fraction of sp³-hybridized carbons (Fsp3) is 0.417. The molecule has 3 rings (SSSR count). The molecule has 110 valence electrons. The van der Waals surface area contributed by atoms with E-state index in [9.17, 15) is 4.79 Å². The maximum absolute atomic E-state index is 12.1. The lowest BCUT2D eigenvalue weighted by Crippen LogP contribution is -2.49. The molecule has 0 bridgehead atoms. The summed E-state index contributed by atoms with van der Waals surface area (Å²) in [4.78, 5) is 28.5. The highest BCUT2D eigenvalue weighted by Gasteiger charge is 2.22. The van der Waals surface area contributed by atoms with Gasteiger partial charge in [-0.15, -0.1) is 0 Å². The number of piperazine rings is 1. The zero-order valence-corrected chi connectivity index (χ0v) is 12.2. The zero-order chi connectivity index (χ0) is 14.5. The topological polar surface area (TPSA) is 90.9 Å². The molecule has 1 aliphatic heterocycles. The van der Waals surface area contributed by atoms with Crippen LogP contribution in [0.2, 0.25) is 0 Å². The first-order valence-corrected chi connectivity index (χ1v) is 7.59. The van der Waals surface area contributed by atoms with E-state index in [0.717, 1.165) is 19.0 Å². The van der Waals surface area contributed by atoms with Crippen LogP contribution in [-0.4, -0.2) is 67.9 Å². The van der Waals surface area contributed by atoms with Gasteiger partial charge in [0.2, 0.25) is 11.9 Å². The molecule has 0 spiro atoms. The van der Waals surface area contributed by atoms with Gasteiger partial charge in [-0.25, -0.2) is 15.0 Å². The highest BCUT2D eigenvalue weighted by atomic mass is 32.2. The second kappa shape index (κ2) is 6.53. The number of hydrogen-bond acceptors (Lipinski definition) is 7. The average molecular weight is 305 g/mol. The smallest absolute Gasteiger partial charge is 0.233 e. The van der Waals surface area contributed by atoms with Gasteiger partial charge in [0.05, 0.1) is 5.75 Å². The zero-order valence-electron chi connectivity index (χ0n) is 11.3. The number of amides is 1. The van der Waals surface area contributed by atoms with Gasteiger partial charge in [0.1, 0.15) is 6.33 Å².